The molecule has 1 rings (SSSR count). The van der Waals surface area contributed by atoms with Crippen LogP contribution in [-0.2, 0) is 9.59 Å². The molecule has 2 N–H and O–H groups in total. The van der Waals surface area contributed by atoms with E-state index in [4.69, 9.17) is 5.11 Å². The summed E-state index contributed by atoms with van der Waals surface area (Å²) in [4.78, 5) is 21.5. The Morgan fingerprint density at radius 1 is 1.64 bits per heavy atom. The van der Waals surface area contributed by atoms with Crippen molar-refractivity contribution in [2.45, 2.75) is 12.8 Å². The molecule has 4 heteroatoms. The summed E-state index contributed by atoms with van der Waals surface area (Å²) in [5, 5.41) is 10.5. The van der Waals surface area contributed by atoms with Crippen molar-refractivity contribution in [3.05, 3.63) is 12.3 Å². The Morgan fingerprint density at radius 2 is 2.36 bits per heavy atom. The average molecular weight is 155 g/mol. The smallest absolute Gasteiger partial charge is 0.230 e. The molecule has 0 saturated carbocycles. The number of hydrogen-bond acceptors (Lipinski definition) is 3. The van der Waals surface area contributed by atoms with E-state index in [0.29, 0.717) is 6.42 Å². The van der Waals surface area contributed by atoms with E-state index in [1.807, 2.05) is 0 Å². The zero-order valence-electron chi connectivity index (χ0n) is 5.91. The van der Waals surface area contributed by atoms with Crippen LogP contribution < -0.4 is 5.32 Å². The highest BCUT2D eigenvalue weighted by molar-refractivity contribution is 6.03. The summed E-state index contributed by atoms with van der Waals surface area (Å²) >= 11 is 0. The second kappa shape index (κ2) is 3.18. The lowest BCUT2D eigenvalue weighted by Gasteiger charge is -1.97. The first-order chi connectivity index (χ1) is 5.24. The predicted octanol–water partition coefficient (Wildman–Crippen LogP) is 0.111. The normalized spacial score (nSPS) is 24.5. The monoisotopic (exact) mass is 155 g/mol. The van der Waals surface area contributed by atoms with Gasteiger partial charge in [0.2, 0.25) is 11.8 Å². The maximum Gasteiger partial charge on any atom is 0.230 e. The molecule has 1 saturated heterocycles. The van der Waals surface area contributed by atoms with E-state index in [1.165, 1.54) is 6.08 Å². The molecule has 1 aliphatic rings. The zero-order valence-corrected chi connectivity index (χ0v) is 5.91. The molecule has 1 atom stereocenters. The van der Waals surface area contributed by atoms with E-state index in [0.717, 1.165) is 6.26 Å². The molecule has 1 unspecified atom stereocenters. The van der Waals surface area contributed by atoms with Crippen LogP contribution in [0.15, 0.2) is 12.3 Å². The van der Waals surface area contributed by atoms with E-state index < -0.39 is 0 Å². The van der Waals surface area contributed by atoms with Gasteiger partial charge in [0.1, 0.15) is 0 Å². The molecule has 4 nitrogen and oxygen atoms in total. The fourth-order valence-electron chi connectivity index (χ4n) is 1.02. The van der Waals surface area contributed by atoms with Gasteiger partial charge in [0, 0.05) is 6.42 Å². The molecule has 2 amide bonds. The largest absolute Gasteiger partial charge is 0.516 e. The Kier molecular flexibility index (Phi) is 2.25. The second-order valence-electron chi connectivity index (χ2n) is 2.43. The van der Waals surface area contributed by atoms with Gasteiger partial charge in [0.15, 0.2) is 0 Å². The first kappa shape index (κ1) is 7.78. The van der Waals surface area contributed by atoms with Crippen LogP contribution in [0.5, 0.6) is 0 Å². The summed E-state index contributed by atoms with van der Waals surface area (Å²) < 4.78 is 0. The van der Waals surface area contributed by atoms with Gasteiger partial charge in [-0.3, -0.25) is 14.9 Å². The van der Waals surface area contributed by atoms with Crippen LogP contribution >= 0.6 is 0 Å². The van der Waals surface area contributed by atoms with Crippen molar-refractivity contribution in [2.24, 2.45) is 5.92 Å². The standard InChI is InChI=1S/C7H9NO3/c9-3-1-2-5-4-6(10)8-7(5)11/h1,3,5,9H,2,4H2,(H,8,10,11). The van der Waals surface area contributed by atoms with Crippen LogP contribution in [-0.4, -0.2) is 16.9 Å². The minimum absolute atomic E-state index is 0.230. The predicted molar refractivity (Wildman–Crippen MR) is 37.6 cm³/mol. The quantitative estimate of drug-likeness (QED) is 0.439. The molecule has 0 aromatic carbocycles. The molecule has 0 aromatic heterocycles. The minimum atomic E-state index is -0.286. The van der Waals surface area contributed by atoms with E-state index in [9.17, 15) is 9.59 Å². The summed E-state index contributed by atoms with van der Waals surface area (Å²) in [6.07, 6.45) is 3.01. The molecule has 0 aliphatic carbocycles. The van der Waals surface area contributed by atoms with Crippen LogP contribution in [0.2, 0.25) is 0 Å². The molecule has 1 heterocycles. The van der Waals surface area contributed by atoms with Crippen molar-refractivity contribution in [1.82, 2.24) is 5.32 Å². The van der Waals surface area contributed by atoms with Crippen LogP contribution in [0, 0.1) is 5.92 Å². The lowest BCUT2D eigenvalue weighted by atomic mass is 10.0. The van der Waals surface area contributed by atoms with Gasteiger partial charge >= 0.3 is 0 Å². The van der Waals surface area contributed by atoms with Gasteiger partial charge in [0.05, 0.1) is 12.2 Å². The van der Waals surface area contributed by atoms with Crippen molar-refractivity contribution < 1.29 is 14.7 Å². The van der Waals surface area contributed by atoms with Crippen molar-refractivity contribution in [3.63, 3.8) is 0 Å². The number of amides is 2. The molecule has 11 heavy (non-hydrogen) atoms. The number of allylic oxidation sites excluding steroid dienone is 1. The summed E-state index contributed by atoms with van der Waals surface area (Å²) in [6, 6.07) is 0. The van der Waals surface area contributed by atoms with Crippen molar-refractivity contribution in [3.8, 4) is 0 Å². The van der Waals surface area contributed by atoms with Gasteiger partial charge in [-0.15, -0.1) is 0 Å². The summed E-state index contributed by atoms with van der Waals surface area (Å²) in [6.45, 7) is 0. The van der Waals surface area contributed by atoms with E-state index >= 15 is 0 Å². The SMILES string of the molecule is O=C1CC(CC=CO)C(=O)N1. The number of nitrogens with one attached hydrogen (secondary N) is 1. The third kappa shape index (κ3) is 1.80. The van der Waals surface area contributed by atoms with Gasteiger partial charge in [-0.05, 0) is 12.5 Å². The van der Waals surface area contributed by atoms with Gasteiger partial charge in [-0.2, -0.15) is 0 Å². The maximum absolute atomic E-state index is 10.8. The number of rotatable bonds is 2. The van der Waals surface area contributed by atoms with E-state index in [2.05, 4.69) is 5.32 Å². The van der Waals surface area contributed by atoms with Gasteiger partial charge < -0.3 is 5.11 Å². The highest BCUT2D eigenvalue weighted by Gasteiger charge is 2.28. The molecule has 1 fully saturated rings. The Balaban J connectivity index is 2.47. The van der Waals surface area contributed by atoms with E-state index in [1.54, 1.807) is 0 Å². The van der Waals surface area contributed by atoms with Gasteiger partial charge in [-0.1, -0.05) is 0 Å². The molecule has 60 valence electrons. The number of aliphatic hydroxyl groups excluding tert-OH is 1. The Bertz CT molecular complexity index is 210. The van der Waals surface area contributed by atoms with Crippen LogP contribution in [0.25, 0.3) is 0 Å². The lowest BCUT2D eigenvalue weighted by Crippen LogP contribution is -2.21. The fraction of sp³-hybridized carbons (Fsp3) is 0.429. The van der Waals surface area contributed by atoms with E-state index in [-0.39, 0.29) is 24.2 Å². The Hall–Kier alpha value is -1.32. The van der Waals surface area contributed by atoms with Gasteiger partial charge in [0.25, 0.3) is 0 Å². The highest BCUT2D eigenvalue weighted by Crippen LogP contribution is 2.14. The number of imide groups is 1. The summed E-state index contributed by atoms with van der Waals surface area (Å²) in [7, 11) is 0. The molecule has 0 spiro atoms. The molecule has 0 radical (unpaired) electrons. The number of hydrogen-bond donors (Lipinski definition) is 2. The number of carbonyl (C=O) groups is 2. The maximum atomic E-state index is 10.8. The first-order valence-corrected chi connectivity index (χ1v) is 3.37. The fourth-order valence-corrected chi connectivity index (χ4v) is 1.02. The lowest BCUT2D eigenvalue weighted by molar-refractivity contribution is -0.125. The molecular weight excluding hydrogens is 146 g/mol. The second-order valence-corrected chi connectivity index (χ2v) is 2.43. The molecule has 1 aliphatic heterocycles. The van der Waals surface area contributed by atoms with Gasteiger partial charge in [-0.25, -0.2) is 0 Å². The molecule has 0 bridgehead atoms. The third-order valence-corrected chi connectivity index (χ3v) is 1.59. The summed E-state index contributed by atoms with van der Waals surface area (Å²) in [5.41, 5.74) is 0. The average Bonchev–Trinajstić information content (AvgIpc) is 2.26. The minimum Gasteiger partial charge on any atom is -0.516 e. The molecule has 0 aromatic rings. The van der Waals surface area contributed by atoms with Crippen molar-refractivity contribution in [1.29, 1.82) is 0 Å². The topological polar surface area (TPSA) is 66.4 Å². The molecular formula is C7H9NO3. The number of aliphatic hydroxyl groups is 1. The van der Waals surface area contributed by atoms with Crippen LogP contribution in [0.1, 0.15) is 12.8 Å². The van der Waals surface area contributed by atoms with Crippen molar-refractivity contribution >= 4 is 11.8 Å². The van der Waals surface area contributed by atoms with Crippen molar-refractivity contribution in [2.75, 3.05) is 0 Å². The third-order valence-electron chi connectivity index (χ3n) is 1.59. The Morgan fingerprint density at radius 3 is 2.82 bits per heavy atom. The zero-order chi connectivity index (χ0) is 8.27. The number of carbonyl (C=O) groups excluding carboxylic acids is 2. The highest BCUT2D eigenvalue weighted by atomic mass is 16.2. The van der Waals surface area contributed by atoms with Crippen LogP contribution in [0.3, 0.4) is 0 Å². The first-order valence-electron chi connectivity index (χ1n) is 3.37. The van der Waals surface area contributed by atoms with Crippen LogP contribution in [0.4, 0.5) is 0 Å². The summed E-state index contributed by atoms with van der Waals surface area (Å²) in [5.74, 6) is -0.759. The Labute approximate surface area is 63.9 Å².